The lowest BCUT2D eigenvalue weighted by Crippen LogP contribution is -2.45. The van der Waals surface area contributed by atoms with Crippen LogP contribution in [-0.4, -0.2) is 22.4 Å². The summed E-state index contributed by atoms with van der Waals surface area (Å²) in [6, 6.07) is 0. The van der Waals surface area contributed by atoms with Crippen LogP contribution in [0.2, 0.25) is 0 Å². The Bertz CT molecular complexity index is 319. The molecule has 2 aliphatic rings. The van der Waals surface area contributed by atoms with Crippen molar-refractivity contribution in [1.82, 2.24) is 0 Å². The van der Waals surface area contributed by atoms with Crippen molar-refractivity contribution in [2.24, 2.45) is 17.3 Å². The molecule has 2 N–H and O–H groups in total. The van der Waals surface area contributed by atoms with Crippen molar-refractivity contribution < 1.29 is 10.2 Å². The van der Waals surface area contributed by atoms with Crippen LogP contribution in [0.3, 0.4) is 0 Å². The van der Waals surface area contributed by atoms with Gasteiger partial charge in [0.25, 0.3) is 0 Å². The molecule has 2 nitrogen and oxygen atoms in total. The molecule has 2 heteroatoms. The van der Waals surface area contributed by atoms with Crippen molar-refractivity contribution in [2.75, 3.05) is 6.61 Å². The van der Waals surface area contributed by atoms with Gasteiger partial charge in [-0.3, -0.25) is 0 Å². The summed E-state index contributed by atoms with van der Waals surface area (Å²) in [5, 5.41) is 19.6. The Morgan fingerprint density at radius 1 is 1.53 bits per heavy atom. The van der Waals surface area contributed by atoms with Gasteiger partial charge in [0.15, 0.2) is 0 Å². The number of aliphatic hydroxyl groups is 2. The van der Waals surface area contributed by atoms with Gasteiger partial charge in [-0.2, -0.15) is 0 Å². The quantitative estimate of drug-likeness (QED) is 0.726. The Morgan fingerprint density at radius 2 is 2.24 bits per heavy atom. The van der Waals surface area contributed by atoms with Crippen LogP contribution in [0.1, 0.15) is 52.9 Å². The molecule has 1 fully saturated rings. The van der Waals surface area contributed by atoms with E-state index in [4.69, 9.17) is 0 Å². The number of allylic oxidation sites excluding steroid dienone is 2. The molecule has 17 heavy (non-hydrogen) atoms. The van der Waals surface area contributed by atoms with Gasteiger partial charge in [0.05, 0.1) is 12.2 Å². The van der Waals surface area contributed by atoms with Crippen LogP contribution in [0.15, 0.2) is 11.6 Å². The van der Waals surface area contributed by atoms with Crippen molar-refractivity contribution in [3.63, 3.8) is 0 Å². The van der Waals surface area contributed by atoms with E-state index >= 15 is 0 Å². The molecule has 98 valence electrons. The average molecular weight is 238 g/mol. The summed E-state index contributed by atoms with van der Waals surface area (Å²) in [4.78, 5) is 0. The molecule has 0 amide bonds. The second-order valence-electron chi connectivity index (χ2n) is 6.59. The summed E-state index contributed by atoms with van der Waals surface area (Å²) in [6.45, 7) is 6.32. The summed E-state index contributed by atoms with van der Waals surface area (Å²) in [6.07, 6.45) is 8.12. The van der Waals surface area contributed by atoms with E-state index in [9.17, 15) is 10.2 Å². The van der Waals surface area contributed by atoms with Gasteiger partial charge >= 0.3 is 0 Å². The van der Waals surface area contributed by atoms with E-state index in [0.717, 1.165) is 12.8 Å². The topological polar surface area (TPSA) is 40.5 Å². The van der Waals surface area contributed by atoms with E-state index in [1.54, 1.807) is 12.5 Å². The minimum Gasteiger partial charge on any atom is -0.393 e. The van der Waals surface area contributed by atoms with E-state index in [1.807, 2.05) is 0 Å². The standard InChI is InChI=1S/C15H26O2/c1-11-5-4-6-12-7-8-13(9-14(11,12)2)15(3,17)10-16/h7,11,13,16-17H,4-6,8-10H2,1-3H3. The molecule has 0 bridgehead atoms. The largest absolute Gasteiger partial charge is 0.393 e. The fourth-order valence-corrected chi connectivity index (χ4v) is 3.67. The van der Waals surface area contributed by atoms with Gasteiger partial charge in [0.1, 0.15) is 0 Å². The summed E-state index contributed by atoms with van der Waals surface area (Å²) in [5.41, 5.74) is 0.920. The zero-order valence-electron chi connectivity index (χ0n) is 11.4. The average Bonchev–Trinajstić information content (AvgIpc) is 2.30. The molecule has 4 atom stereocenters. The van der Waals surface area contributed by atoms with E-state index in [0.29, 0.717) is 5.92 Å². The number of aliphatic hydroxyl groups excluding tert-OH is 1. The van der Waals surface area contributed by atoms with E-state index < -0.39 is 5.60 Å². The molecule has 4 unspecified atom stereocenters. The maximum atomic E-state index is 10.3. The first-order valence-corrected chi connectivity index (χ1v) is 6.93. The number of rotatable bonds is 2. The zero-order valence-corrected chi connectivity index (χ0v) is 11.4. The predicted octanol–water partition coefficient (Wildman–Crippen LogP) is 2.89. The summed E-state index contributed by atoms with van der Waals surface area (Å²) in [5.74, 6) is 0.890. The van der Waals surface area contributed by atoms with E-state index in [2.05, 4.69) is 19.9 Å². The second kappa shape index (κ2) is 4.40. The molecular weight excluding hydrogens is 212 g/mol. The van der Waals surface area contributed by atoms with Crippen LogP contribution < -0.4 is 0 Å². The summed E-state index contributed by atoms with van der Waals surface area (Å²) in [7, 11) is 0. The van der Waals surface area contributed by atoms with Crippen molar-refractivity contribution in [2.45, 2.75) is 58.5 Å². The van der Waals surface area contributed by atoms with Crippen LogP contribution in [0, 0.1) is 17.3 Å². The zero-order chi connectivity index (χ0) is 12.7. The lowest BCUT2D eigenvalue weighted by Gasteiger charge is -2.49. The van der Waals surface area contributed by atoms with Crippen molar-refractivity contribution >= 4 is 0 Å². The summed E-state index contributed by atoms with van der Waals surface area (Å²) < 4.78 is 0. The maximum absolute atomic E-state index is 10.3. The van der Waals surface area contributed by atoms with E-state index in [1.165, 1.54) is 19.3 Å². The molecule has 0 spiro atoms. The highest BCUT2D eigenvalue weighted by Gasteiger charge is 2.45. The SMILES string of the molecule is CC1CCCC2=CCC(C(C)(O)CO)CC21C. The third-order valence-corrected chi connectivity index (χ3v) is 5.42. The highest BCUT2D eigenvalue weighted by molar-refractivity contribution is 5.22. The van der Waals surface area contributed by atoms with Gasteiger partial charge in [0, 0.05) is 0 Å². The smallest absolute Gasteiger partial charge is 0.0880 e. The molecular formula is C15H26O2. The van der Waals surface area contributed by atoms with Gasteiger partial charge in [-0.05, 0) is 56.3 Å². The number of fused-ring (bicyclic) bond motifs is 1. The number of hydrogen-bond donors (Lipinski definition) is 2. The predicted molar refractivity (Wildman–Crippen MR) is 69.6 cm³/mol. The van der Waals surface area contributed by atoms with Crippen molar-refractivity contribution in [1.29, 1.82) is 0 Å². The van der Waals surface area contributed by atoms with Crippen LogP contribution >= 0.6 is 0 Å². The monoisotopic (exact) mass is 238 g/mol. The Kier molecular flexibility index (Phi) is 3.39. The summed E-state index contributed by atoms with van der Waals surface area (Å²) >= 11 is 0. The fraction of sp³-hybridized carbons (Fsp3) is 0.867. The molecule has 0 aromatic rings. The highest BCUT2D eigenvalue weighted by atomic mass is 16.3. The molecule has 0 aromatic heterocycles. The lowest BCUT2D eigenvalue weighted by molar-refractivity contribution is -0.0662. The lowest BCUT2D eigenvalue weighted by atomic mass is 9.57. The fourth-order valence-electron chi connectivity index (χ4n) is 3.67. The second-order valence-corrected chi connectivity index (χ2v) is 6.59. The molecule has 0 aliphatic heterocycles. The maximum Gasteiger partial charge on any atom is 0.0880 e. The highest BCUT2D eigenvalue weighted by Crippen LogP contribution is 2.53. The first kappa shape index (κ1) is 13.1. The third kappa shape index (κ3) is 2.17. The Hall–Kier alpha value is -0.340. The molecule has 2 aliphatic carbocycles. The van der Waals surface area contributed by atoms with Gasteiger partial charge in [0.2, 0.25) is 0 Å². The third-order valence-electron chi connectivity index (χ3n) is 5.42. The van der Waals surface area contributed by atoms with Crippen LogP contribution in [0.4, 0.5) is 0 Å². The van der Waals surface area contributed by atoms with Gasteiger partial charge in [-0.25, -0.2) is 0 Å². The van der Waals surface area contributed by atoms with Gasteiger partial charge < -0.3 is 10.2 Å². The molecule has 0 aromatic carbocycles. The van der Waals surface area contributed by atoms with Crippen LogP contribution in [0.25, 0.3) is 0 Å². The normalized spacial score (nSPS) is 41.4. The van der Waals surface area contributed by atoms with Crippen LogP contribution in [-0.2, 0) is 0 Å². The minimum atomic E-state index is -0.928. The first-order valence-electron chi connectivity index (χ1n) is 6.93. The number of hydrogen-bond acceptors (Lipinski definition) is 2. The Balaban J connectivity index is 2.24. The molecule has 0 radical (unpaired) electrons. The van der Waals surface area contributed by atoms with Crippen LogP contribution in [0.5, 0.6) is 0 Å². The molecule has 2 rings (SSSR count). The first-order chi connectivity index (χ1) is 7.90. The van der Waals surface area contributed by atoms with Crippen molar-refractivity contribution in [3.8, 4) is 0 Å². The Labute approximate surface area is 105 Å². The van der Waals surface area contributed by atoms with E-state index in [-0.39, 0.29) is 17.9 Å². The molecule has 1 saturated carbocycles. The molecule has 0 saturated heterocycles. The molecule has 0 heterocycles. The van der Waals surface area contributed by atoms with Gasteiger partial charge in [-0.1, -0.05) is 25.5 Å². The van der Waals surface area contributed by atoms with Gasteiger partial charge in [-0.15, -0.1) is 0 Å². The minimum absolute atomic E-state index is 0.134. The van der Waals surface area contributed by atoms with Crippen molar-refractivity contribution in [3.05, 3.63) is 11.6 Å². The Morgan fingerprint density at radius 3 is 2.88 bits per heavy atom.